The Morgan fingerprint density at radius 2 is 1.93 bits per heavy atom. The molecule has 3 rings (SSSR count). The van der Waals surface area contributed by atoms with Crippen molar-refractivity contribution in [2.75, 3.05) is 13.6 Å². The van der Waals surface area contributed by atoms with E-state index in [9.17, 15) is 4.79 Å². The lowest BCUT2D eigenvalue weighted by Gasteiger charge is -2.19. The fourth-order valence-corrected chi connectivity index (χ4v) is 3.84. The fraction of sp³-hybridized carbons (Fsp3) is 0.522. The summed E-state index contributed by atoms with van der Waals surface area (Å²) in [7, 11) is 1.75. The highest BCUT2D eigenvalue weighted by molar-refractivity contribution is 5.79. The number of hydrogen-bond donors (Lipinski definition) is 2. The van der Waals surface area contributed by atoms with Crippen molar-refractivity contribution in [2.45, 2.75) is 65.1 Å². The van der Waals surface area contributed by atoms with Crippen LogP contribution in [0.4, 0.5) is 0 Å². The second-order valence-electron chi connectivity index (χ2n) is 7.70. The fourth-order valence-electron chi connectivity index (χ4n) is 3.84. The molecule has 0 radical (unpaired) electrons. The normalized spacial score (nSPS) is 14.6. The van der Waals surface area contributed by atoms with Gasteiger partial charge < -0.3 is 20.1 Å². The standard InChI is InChI=1S/C23H33N5O2/c1-4-17(5-2)21-13-20(30-27-21)15-26-23(24-3)25-14-18-9-6-7-10-19(18)16-28-12-8-11-22(28)29/h6-7,9-10,13,17H,4-5,8,11-12,14-16H2,1-3H3,(H2,24,25,26). The van der Waals surface area contributed by atoms with E-state index in [1.807, 2.05) is 23.1 Å². The van der Waals surface area contributed by atoms with Gasteiger partial charge in [0.1, 0.15) is 0 Å². The van der Waals surface area contributed by atoms with Gasteiger partial charge in [-0.3, -0.25) is 9.79 Å². The third-order valence-electron chi connectivity index (χ3n) is 5.73. The molecule has 1 saturated heterocycles. The zero-order valence-electron chi connectivity index (χ0n) is 18.3. The number of rotatable bonds is 9. The van der Waals surface area contributed by atoms with Crippen LogP contribution in [-0.2, 0) is 24.4 Å². The van der Waals surface area contributed by atoms with Gasteiger partial charge >= 0.3 is 0 Å². The van der Waals surface area contributed by atoms with Crippen molar-refractivity contribution in [3.8, 4) is 0 Å². The molecule has 30 heavy (non-hydrogen) atoms. The van der Waals surface area contributed by atoms with Gasteiger partial charge in [-0.2, -0.15) is 0 Å². The molecule has 0 unspecified atom stereocenters. The highest BCUT2D eigenvalue weighted by Gasteiger charge is 2.21. The summed E-state index contributed by atoms with van der Waals surface area (Å²) in [6.07, 6.45) is 3.73. The minimum Gasteiger partial charge on any atom is -0.359 e. The Kier molecular flexibility index (Phi) is 7.88. The topological polar surface area (TPSA) is 82.8 Å². The summed E-state index contributed by atoms with van der Waals surface area (Å²) in [5.41, 5.74) is 3.35. The van der Waals surface area contributed by atoms with E-state index in [-0.39, 0.29) is 5.91 Å². The molecule has 1 aliphatic heterocycles. The van der Waals surface area contributed by atoms with Crippen LogP contribution in [0.1, 0.15) is 68.0 Å². The summed E-state index contributed by atoms with van der Waals surface area (Å²) in [4.78, 5) is 18.2. The number of benzene rings is 1. The molecule has 2 N–H and O–H groups in total. The van der Waals surface area contributed by atoms with E-state index in [0.717, 1.165) is 42.8 Å². The largest absolute Gasteiger partial charge is 0.359 e. The molecule has 1 fully saturated rings. The number of hydrogen-bond acceptors (Lipinski definition) is 4. The number of nitrogens with zero attached hydrogens (tertiary/aromatic N) is 3. The predicted molar refractivity (Wildman–Crippen MR) is 118 cm³/mol. The first-order valence-electron chi connectivity index (χ1n) is 10.9. The van der Waals surface area contributed by atoms with Gasteiger partial charge in [0, 0.05) is 45.1 Å². The molecule has 0 spiro atoms. The second-order valence-corrected chi connectivity index (χ2v) is 7.70. The lowest BCUT2D eigenvalue weighted by Crippen LogP contribution is -2.36. The summed E-state index contributed by atoms with van der Waals surface area (Å²) >= 11 is 0. The summed E-state index contributed by atoms with van der Waals surface area (Å²) < 4.78 is 5.48. The predicted octanol–water partition coefficient (Wildman–Crippen LogP) is 3.57. The van der Waals surface area contributed by atoms with Crippen molar-refractivity contribution in [3.63, 3.8) is 0 Å². The average Bonchev–Trinajstić information content (AvgIpc) is 3.39. The third-order valence-corrected chi connectivity index (χ3v) is 5.73. The SMILES string of the molecule is CCC(CC)c1cc(CNC(=NC)NCc2ccccc2CN2CCCC2=O)on1. The Labute approximate surface area is 178 Å². The van der Waals surface area contributed by atoms with Crippen molar-refractivity contribution < 1.29 is 9.32 Å². The summed E-state index contributed by atoms with van der Waals surface area (Å²) in [6.45, 7) is 7.01. The van der Waals surface area contributed by atoms with Crippen LogP contribution in [-0.4, -0.2) is 35.5 Å². The molecule has 2 aromatic rings. The van der Waals surface area contributed by atoms with Gasteiger partial charge in [-0.1, -0.05) is 43.3 Å². The maximum absolute atomic E-state index is 12.0. The van der Waals surface area contributed by atoms with Gasteiger partial charge in [-0.25, -0.2) is 0 Å². The number of likely N-dealkylation sites (tertiary alicyclic amines) is 1. The minimum absolute atomic E-state index is 0.245. The zero-order chi connectivity index (χ0) is 21.3. The third kappa shape index (κ3) is 5.62. The van der Waals surface area contributed by atoms with Crippen LogP contribution in [0.3, 0.4) is 0 Å². The molecule has 0 aliphatic carbocycles. The maximum Gasteiger partial charge on any atom is 0.222 e. The van der Waals surface area contributed by atoms with Crippen LogP contribution in [0.5, 0.6) is 0 Å². The number of amides is 1. The summed E-state index contributed by atoms with van der Waals surface area (Å²) in [5.74, 6) is 2.18. The minimum atomic E-state index is 0.245. The summed E-state index contributed by atoms with van der Waals surface area (Å²) in [5, 5.41) is 10.9. The Morgan fingerprint density at radius 3 is 2.60 bits per heavy atom. The van der Waals surface area contributed by atoms with Crippen LogP contribution in [0.2, 0.25) is 0 Å². The number of carbonyl (C=O) groups excluding carboxylic acids is 1. The molecule has 162 valence electrons. The highest BCUT2D eigenvalue weighted by atomic mass is 16.5. The van der Waals surface area contributed by atoms with Crippen LogP contribution in [0, 0.1) is 0 Å². The molecule has 1 amide bonds. The Bertz CT molecular complexity index is 857. The lowest BCUT2D eigenvalue weighted by atomic mass is 9.99. The van der Waals surface area contributed by atoms with Gasteiger partial charge in [-0.05, 0) is 30.4 Å². The molecule has 1 aromatic heterocycles. The quantitative estimate of drug-likeness (QED) is 0.487. The first kappa shape index (κ1) is 21.9. The zero-order valence-corrected chi connectivity index (χ0v) is 18.3. The van der Waals surface area contributed by atoms with E-state index in [1.54, 1.807) is 7.05 Å². The molecule has 0 bridgehead atoms. The van der Waals surface area contributed by atoms with E-state index in [0.29, 0.717) is 37.9 Å². The highest BCUT2D eigenvalue weighted by Crippen LogP contribution is 2.22. The average molecular weight is 412 g/mol. The van der Waals surface area contributed by atoms with Gasteiger partial charge in [-0.15, -0.1) is 0 Å². The molecule has 1 aromatic carbocycles. The van der Waals surface area contributed by atoms with Crippen LogP contribution < -0.4 is 10.6 Å². The van der Waals surface area contributed by atoms with Gasteiger partial charge in [0.25, 0.3) is 0 Å². The van der Waals surface area contributed by atoms with Crippen molar-refractivity contribution in [1.82, 2.24) is 20.7 Å². The summed E-state index contributed by atoms with van der Waals surface area (Å²) in [6, 6.07) is 10.3. The number of carbonyl (C=O) groups is 1. The van der Waals surface area contributed by atoms with Crippen molar-refractivity contribution in [1.29, 1.82) is 0 Å². The van der Waals surface area contributed by atoms with E-state index in [2.05, 4.69) is 46.8 Å². The van der Waals surface area contributed by atoms with E-state index in [1.165, 1.54) is 5.56 Å². The molecule has 7 nitrogen and oxygen atoms in total. The second kappa shape index (κ2) is 10.8. The van der Waals surface area contributed by atoms with E-state index >= 15 is 0 Å². The molecule has 7 heteroatoms. The smallest absolute Gasteiger partial charge is 0.222 e. The number of aromatic nitrogens is 1. The molecule has 0 atom stereocenters. The van der Waals surface area contributed by atoms with Crippen LogP contribution in [0.25, 0.3) is 0 Å². The molecule has 2 heterocycles. The first-order chi connectivity index (χ1) is 14.6. The van der Waals surface area contributed by atoms with Crippen molar-refractivity contribution >= 4 is 11.9 Å². The number of aliphatic imine (C=N–C) groups is 1. The van der Waals surface area contributed by atoms with Crippen LogP contribution >= 0.6 is 0 Å². The molecule has 0 saturated carbocycles. The van der Waals surface area contributed by atoms with Crippen LogP contribution in [0.15, 0.2) is 39.8 Å². The van der Waals surface area contributed by atoms with Crippen molar-refractivity contribution in [3.05, 3.63) is 52.9 Å². The Morgan fingerprint density at radius 1 is 1.20 bits per heavy atom. The van der Waals surface area contributed by atoms with E-state index < -0.39 is 0 Å². The lowest BCUT2D eigenvalue weighted by molar-refractivity contribution is -0.128. The van der Waals surface area contributed by atoms with Gasteiger partial charge in [0.15, 0.2) is 11.7 Å². The van der Waals surface area contributed by atoms with Gasteiger partial charge in [0.2, 0.25) is 5.91 Å². The number of guanidine groups is 1. The Hall–Kier alpha value is -2.83. The van der Waals surface area contributed by atoms with E-state index in [4.69, 9.17) is 4.52 Å². The number of nitrogens with one attached hydrogen (secondary N) is 2. The molecule has 1 aliphatic rings. The maximum atomic E-state index is 12.0. The van der Waals surface area contributed by atoms with Crippen molar-refractivity contribution in [2.24, 2.45) is 4.99 Å². The monoisotopic (exact) mass is 411 g/mol. The Balaban J connectivity index is 1.54. The van der Waals surface area contributed by atoms with Gasteiger partial charge in [0.05, 0.1) is 12.2 Å². The molecular formula is C23H33N5O2. The molecular weight excluding hydrogens is 378 g/mol. The first-order valence-corrected chi connectivity index (χ1v) is 10.9.